The number of benzene rings is 1. The second-order valence-corrected chi connectivity index (χ2v) is 4.71. The zero-order valence-electron chi connectivity index (χ0n) is 10.4. The molecule has 0 amide bonds. The van der Waals surface area contributed by atoms with E-state index in [2.05, 4.69) is 9.97 Å². The Hall–Kier alpha value is -1.95. The first-order valence-corrected chi connectivity index (χ1v) is 6.82. The highest BCUT2D eigenvalue weighted by Crippen LogP contribution is 2.23. The van der Waals surface area contributed by atoms with Crippen molar-refractivity contribution in [3.05, 3.63) is 30.4 Å². The number of hydrogen-bond donors (Lipinski definition) is 2. The Morgan fingerprint density at radius 3 is 3.16 bits per heavy atom. The van der Waals surface area contributed by atoms with Crippen LogP contribution >= 0.6 is 11.8 Å². The number of H-pyrrole nitrogens is 1. The standard InChI is InChI=1S/C13H14N2O3S/c1-2-18-9-5-6-10-11(8-9)15-13(14-10)19-7-3-4-12(16)17/h3-6,8H,2,7H2,1H3,(H,14,15)(H,16,17). The van der Waals surface area contributed by atoms with Gasteiger partial charge in [0.15, 0.2) is 5.16 Å². The number of carboxylic acids is 1. The van der Waals surface area contributed by atoms with Gasteiger partial charge in [-0.25, -0.2) is 9.78 Å². The number of thioether (sulfide) groups is 1. The molecule has 1 aromatic heterocycles. The van der Waals surface area contributed by atoms with Crippen molar-refractivity contribution in [2.75, 3.05) is 12.4 Å². The summed E-state index contributed by atoms with van der Waals surface area (Å²) >= 11 is 1.45. The van der Waals surface area contributed by atoms with Crippen LogP contribution < -0.4 is 4.74 Å². The van der Waals surface area contributed by atoms with Crippen molar-refractivity contribution in [1.82, 2.24) is 9.97 Å². The van der Waals surface area contributed by atoms with Gasteiger partial charge in [-0.2, -0.15) is 0 Å². The van der Waals surface area contributed by atoms with Gasteiger partial charge in [-0.1, -0.05) is 17.8 Å². The van der Waals surface area contributed by atoms with Gasteiger partial charge < -0.3 is 14.8 Å². The van der Waals surface area contributed by atoms with E-state index in [1.54, 1.807) is 6.08 Å². The summed E-state index contributed by atoms with van der Waals surface area (Å²) in [6, 6.07) is 5.68. The van der Waals surface area contributed by atoms with E-state index in [1.807, 2.05) is 25.1 Å². The lowest BCUT2D eigenvalue weighted by molar-refractivity contribution is -0.131. The molecule has 0 aliphatic carbocycles. The minimum absolute atomic E-state index is 0.560. The predicted molar refractivity (Wildman–Crippen MR) is 74.8 cm³/mol. The third-order valence-electron chi connectivity index (χ3n) is 2.32. The number of ether oxygens (including phenoxy) is 1. The second-order valence-electron chi connectivity index (χ2n) is 3.71. The highest BCUT2D eigenvalue weighted by Gasteiger charge is 2.04. The molecule has 0 atom stereocenters. The summed E-state index contributed by atoms with van der Waals surface area (Å²) in [5.74, 6) is 0.428. The Kier molecular flexibility index (Phi) is 4.46. The zero-order valence-corrected chi connectivity index (χ0v) is 11.2. The van der Waals surface area contributed by atoms with Crippen LogP contribution in [0.25, 0.3) is 11.0 Å². The average Bonchev–Trinajstić information content (AvgIpc) is 2.77. The SMILES string of the molecule is CCOc1ccc2nc(SCC=CC(=O)O)[nH]c2c1. The van der Waals surface area contributed by atoms with Crippen molar-refractivity contribution < 1.29 is 14.6 Å². The summed E-state index contributed by atoms with van der Waals surface area (Å²) in [5, 5.41) is 9.24. The fourth-order valence-electron chi connectivity index (χ4n) is 1.57. The summed E-state index contributed by atoms with van der Waals surface area (Å²) in [7, 11) is 0. The first-order valence-electron chi connectivity index (χ1n) is 5.84. The second kappa shape index (κ2) is 6.29. The monoisotopic (exact) mass is 278 g/mol. The van der Waals surface area contributed by atoms with Gasteiger partial charge >= 0.3 is 5.97 Å². The van der Waals surface area contributed by atoms with Gasteiger partial charge in [0.05, 0.1) is 17.6 Å². The van der Waals surface area contributed by atoms with Crippen LogP contribution in [0.15, 0.2) is 35.5 Å². The number of aliphatic carboxylic acids is 1. The Bertz CT molecular complexity index is 607. The number of aromatic amines is 1. The summed E-state index contributed by atoms with van der Waals surface area (Å²) in [6.07, 6.45) is 2.72. The van der Waals surface area contributed by atoms with Crippen LogP contribution in [-0.2, 0) is 4.79 Å². The molecule has 0 radical (unpaired) electrons. The highest BCUT2D eigenvalue weighted by molar-refractivity contribution is 7.99. The van der Waals surface area contributed by atoms with Gasteiger partial charge in [-0.05, 0) is 19.1 Å². The lowest BCUT2D eigenvalue weighted by atomic mass is 10.3. The topological polar surface area (TPSA) is 75.2 Å². The summed E-state index contributed by atoms with van der Waals surface area (Å²) in [5.41, 5.74) is 1.78. The van der Waals surface area contributed by atoms with E-state index < -0.39 is 5.97 Å². The first kappa shape index (κ1) is 13.5. The van der Waals surface area contributed by atoms with Gasteiger partial charge in [-0.3, -0.25) is 0 Å². The molecule has 5 nitrogen and oxygen atoms in total. The average molecular weight is 278 g/mol. The maximum Gasteiger partial charge on any atom is 0.328 e. The van der Waals surface area contributed by atoms with Crippen LogP contribution in [0.4, 0.5) is 0 Å². The number of imidazole rings is 1. The van der Waals surface area contributed by atoms with Crippen LogP contribution in [0.3, 0.4) is 0 Å². The number of fused-ring (bicyclic) bond motifs is 1. The van der Waals surface area contributed by atoms with Gasteiger partial charge in [-0.15, -0.1) is 0 Å². The molecule has 2 aromatic rings. The normalized spacial score (nSPS) is 11.2. The van der Waals surface area contributed by atoms with E-state index in [0.29, 0.717) is 12.4 Å². The quantitative estimate of drug-likeness (QED) is 0.627. The van der Waals surface area contributed by atoms with Crippen LogP contribution in [0.2, 0.25) is 0 Å². The Labute approximate surface area is 114 Å². The smallest absolute Gasteiger partial charge is 0.328 e. The van der Waals surface area contributed by atoms with Gasteiger partial charge in [0.1, 0.15) is 5.75 Å². The van der Waals surface area contributed by atoms with E-state index in [4.69, 9.17) is 9.84 Å². The molecule has 6 heteroatoms. The van der Waals surface area contributed by atoms with E-state index in [-0.39, 0.29) is 0 Å². The maximum absolute atomic E-state index is 10.3. The lowest BCUT2D eigenvalue weighted by Gasteiger charge is -2.00. The van der Waals surface area contributed by atoms with E-state index in [1.165, 1.54) is 11.8 Å². The Balaban J connectivity index is 2.06. The van der Waals surface area contributed by atoms with Gasteiger partial charge in [0.2, 0.25) is 0 Å². The molecule has 0 saturated heterocycles. The summed E-state index contributed by atoms with van der Waals surface area (Å²) in [6.45, 7) is 2.56. The molecule has 100 valence electrons. The molecule has 0 unspecified atom stereocenters. The van der Waals surface area contributed by atoms with E-state index in [0.717, 1.165) is 28.0 Å². The number of carboxylic acid groups (broad SMARTS) is 1. The van der Waals surface area contributed by atoms with Crippen molar-refractivity contribution in [2.24, 2.45) is 0 Å². The van der Waals surface area contributed by atoms with Crippen LogP contribution in [0.5, 0.6) is 5.75 Å². The fraction of sp³-hybridized carbons (Fsp3) is 0.231. The molecule has 0 saturated carbocycles. The number of rotatable bonds is 6. The fourth-order valence-corrected chi connectivity index (χ4v) is 2.26. The van der Waals surface area contributed by atoms with Crippen LogP contribution in [-0.4, -0.2) is 33.4 Å². The third kappa shape index (κ3) is 3.75. The van der Waals surface area contributed by atoms with Gasteiger partial charge in [0.25, 0.3) is 0 Å². The molecule has 2 N–H and O–H groups in total. The minimum Gasteiger partial charge on any atom is -0.494 e. The number of aromatic nitrogens is 2. The van der Waals surface area contributed by atoms with Gasteiger partial charge in [0, 0.05) is 17.9 Å². The van der Waals surface area contributed by atoms with Crippen molar-refractivity contribution in [1.29, 1.82) is 0 Å². The minimum atomic E-state index is -0.938. The Morgan fingerprint density at radius 2 is 2.42 bits per heavy atom. The van der Waals surface area contributed by atoms with Crippen molar-refractivity contribution >= 4 is 28.8 Å². The number of hydrogen-bond acceptors (Lipinski definition) is 4. The van der Waals surface area contributed by atoms with E-state index in [9.17, 15) is 4.79 Å². The van der Waals surface area contributed by atoms with Crippen molar-refractivity contribution in [3.8, 4) is 5.75 Å². The molecule has 0 fully saturated rings. The molecule has 1 heterocycles. The number of carbonyl (C=O) groups is 1. The van der Waals surface area contributed by atoms with Crippen LogP contribution in [0.1, 0.15) is 6.92 Å². The largest absolute Gasteiger partial charge is 0.494 e. The molecule has 0 aliphatic rings. The molecule has 2 rings (SSSR count). The predicted octanol–water partition coefficient (Wildman–Crippen LogP) is 2.69. The van der Waals surface area contributed by atoms with Crippen molar-refractivity contribution in [2.45, 2.75) is 12.1 Å². The van der Waals surface area contributed by atoms with Crippen LogP contribution in [0, 0.1) is 0 Å². The molecule has 0 spiro atoms. The molecular formula is C13H14N2O3S. The zero-order chi connectivity index (χ0) is 13.7. The highest BCUT2D eigenvalue weighted by atomic mass is 32.2. The maximum atomic E-state index is 10.3. The molecule has 0 aliphatic heterocycles. The first-order chi connectivity index (χ1) is 9.19. The number of nitrogens with one attached hydrogen (secondary N) is 1. The molecule has 0 bridgehead atoms. The van der Waals surface area contributed by atoms with Crippen molar-refractivity contribution in [3.63, 3.8) is 0 Å². The Morgan fingerprint density at radius 1 is 1.58 bits per heavy atom. The van der Waals surface area contributed by atoms with E-state index >= 15 is 0 Å². The third-order valence-corrected chi connectivity index (χ3v) is 3.15. The summed E-state index contributed by atoms with van der Waals surface area (Å²) in [4.78, 5) is 17.9. The summed E-state index contributed by atoms with van der Waals surface area (Å²) < 4.78 is 5.42. The lowest BCUT2D eigenvalue weighted by Crippen LogP contribution is -1.90. The molecular weight excluding hydrogens is 264 g/mol. The molecule has 1 aromatic carbocycles. The molecule has 19 heavy (non-hydrogen) atoms. The number of nitrogens with zero attached hydrogens (tertiary/aromatic N) is 1.